The molecule has 1 aliphatic rings. The summed E-state index contributed by atoms with van der Waals surface area (Å²) in [6.07, 6.45) is 1.73. The highest BCUT2D eigenvalue weighted by molar-refractivity contribution is 7.92. The Hall–Kier alpha value is -1.86. The van der Waals surface area contributed by atoms with Gasteiger partial charge in [0.05, 0.1) is 19.3 Å². The van der Waals surface area contributed by atoms with Crippen LogP contribution in [0, 0.1) is 0 Å². The molecule has 0 radical (unpaired) electrons. The van der Waals surface area contributed by atoms with Crippen LogP contribution in [-0.4, -0.2) is 37.1 Å². The van der Waals surface area contributed by atoms with Gasteiger partial charge in [-0.2, -0.15) is 4.31 Å². The van der Waals surface area contributed by atoms with E-state index < -0.39 is 27.8 Å². The standard InChI is InChI=1S/C18H25NO5S/c1-18(2,3)24-17(20)19-16(11-7-8-12-25(19,21)22)14-23-13-15-9-5-4-6-10-15/h4-6,8-10,12,16H,7,11,13-14H2,1-3H3/t16-/m1/s1. The van der Waals surface area contributed by atoms with Gasteiger partial charge in [0.25, 0.3) is 10.0 Å². The van der Waals surface area contributed by atoms with Gasteiger partial charge in [-0.3, -0.25) is 0 Å². The van der Waals surface area contributed by atoms with Crippen LogP contribution in [-0.2, 0) is 26.1 Å². The molecule has 0 N–H and O–H groups in total. The van der Waals surface area contributed by atoms with Gasteiger partial charge in [-0.1, -0.05) is 36.4 Å². The number of benzene rings is 1. The van der Waals surface area contributed by atoms with Crippen LogP contribution in [0.15, 0.2) is 41.8 Å². The molecule has 0 saturated carbocycles. The summed E-state index contributed by atoms with van der Waals surface area (Å²) in [5.74, 6) is 0. The van der Waals surface area contributed by atoms with Crippen molar-refractivity contribution in [2.75, 3.05) is 6.61 Å². The van der Waals surface area contributed by atoms with Crippen LogP contribution in [0.2, 0.25) is 0 Å². The van der Waals surface area contributed by atoms with Gasteiger partial charge in [-0.05, 0) is 39.2 Å². The molecule has 0 saturated heterocycles. The van der Waals surface area contributed by atoms with Gasteiger partial charge < -0.3 is 9.47 Å². The second-order valence-corrected chi connectivity index (χ2v) is 8.62. The van der Waals surface area contributed by atoms with Crippen LogP contribution in [0.25, 0.3) is 0 Å². The molecule has 1 atom stereocenters. The number of hydrogen-bond donors (Lipinski definition) is 0. The first-order valence-corrected chi connectivity index (χ1v) is 9.75. The van der Waals surface area contributed by atoms with E-state index in [1.165, 1.54) is 0 Å². The Morgan fingerprint density at radius 1 is 1.24 bits per heavy atom. The molecule has 0 fully saturated rings. The predicted octanol–water partition coefficient (Wildman–Crippen LogP) is 3.45. The predicted molar refractivity (Wildman–Crippen MR) is 95.3 cm³/mol. The Balaban J connectivity index is 2.10. The molecule has 0 unspecified atom stereocenters. The molecular formula is C18H25NO5S. The van der Waals surface area contributed by atoms with Crippen molar-refractivity contribution in [2.45, 2.75) is 51.9 Å². The van der Waals surface area contributed by atoms with E-state index in [1.54, 1.807) is 26.8 Å². The van der Waals surface area contributed by atoms with Crippen LogP contribution in [0.1, 0.15) is 39.2 Å². The Morgan fingerprint density at radius 3 is 2.56 bits per heavy atom. The summed E-state index contributed by atoms with van der Waals surface area (Å²) >= 11 is 0. The van der Waals surface area contributed by atoms with E-state index in [2.05, 4.69) is 0 Å². The quantitative estimate of drug-likeness (QED) is 0.815. The van der Waals surface area contributed by atoms with E-state index in [0.717, 1.165) is 15.3 Å². The van der Waals surface area contributed by atoms with Gasteiger partial charge >= 0.3 is 6.09 Å². The summed E-state index contributed by atoms with van der Waals surface area (Å²) in [6.45, 7) is 5.58. The molecule has 0 spiro atoms. The summed E-state index contributed by atoms with van der Waals surface area (Å²) in [7, 11) is -3.88. The van der Waals surface area contributed by atoms with Crippen molar-refractivity contribution in [2.24, 2.45) is 0 Å². The Morgan fingerprint density at radius 2 is 1.92 bits per heavy atom. The molecule has 7 heteroatoms. The number of allylic oxidation sites excluding steroid dienone is 1. The molecule has 1 amide bonds. The summed E-state index contributed by atoms with van der Waals surface area (Å²) in [5, 5.41) is 1.06. The fourth-order valence-electron chi connectivity index (χ4n) is 2.47. The molecule has 0 bridgehead atoms. The zero-order chi connectivity index (χ0) is 18.5. The molecule has 1 aromatic carbocycles. The van der Waals surface area contributed by atoms with E-state index >= 15 is 0 Å². The summed E-state index contributed by atoms with van der Waals surface area (Å²) in [5.41, 5.74) is 0.207. The highest BCUT2D eigenvalue weighted by atomic mass is 32.2. The molecule has 0 aromatic heterocycles. The van der Waals surface area contributed by atoms with Crippen LogP contribution in [0.4, 0.5) is 4.79 Å². The number of rotatable bonds is 4. The lowest BCUT2D eigenvalue weighted by atomic mass is 10.1. The monoisotopic (exact) mass is 367 g/mol. The molecule has 1 heterocycles. The average Bonchev–Trinajstić information content (AvgIpc) is 2.64. The third kappa shape index (κ3) is 5.86. The van der Waals surface area contributed by atoms with E-state index in [1.807, 2.05) is 30.3 Å². The largest absolute Gasteiger partial charge is 0.443 e. The number of sulfonamides is 1. The first-order chi connectivity index (χ1) is 11.7. The Kier molecular flexibility index (Phi) is 6.24. The summed E-state index contributed by atoms with van der Waals surface area (Å²) in [4.78, 5) is 12.5. The fourth-order valence-corrected chi connectivity index (χ4v) is 3.80. The highest BCUT2D eigenvalue weighted by Crippen LogP contribution is 2.23. The minimum atomic E-state index is -3.88. The van der Waals surface area contributed by atoms with E-state index in [4.69, 9.17) is 9.47 Å². The van der Waals surface area contributed by atoms with Crippen molar-refractivity contribution in [3.63, 3.8) is 0 Å². The number of hydrogen-bond acceptors (Lipinski definition) is 5. The van der Waals surface area contributed by atoms with Gasteiger partial charge in [0.15, 0.2) is 0 Å². The molecule has 138 valence electrons. The van der Waals surface area contributed by atoms with Crippen molar-refractivity contribution < 1.29 is 22.7 Å². The van der Waals surface area contributed by atoms with Crippen molar-refractivity contribution in [1.29, 1.82) is 0 Å². The number of ether oxygens (including phenoxy) is 2. The average molecular weight is 367 g/mol. The minimum absolute atomic E-state index is 0.120. The number of carbonyl (C=O) groups excluding carboxylic acids is 1. The summed E-state index contributed by atoms with van der Waals surface area (Å²) < 4.78 is 36.7. The van der Waals surface area contributed by atoms with Crippen molar-refractivity contribution in [1.82, 2.24) is 4.31 Å². The highest BCUT2D eigenvalue weighted by Gasteiger charge is 2.37. The molecule has 1 aromatic rings. The summed E-state index contributed by atoms with van der Waals surface area (Å²) in [6, 6.07) is 8.99. The van der Waals surface area contributed by atoms with E-state index in [-0.39, 0.29) is 6.61 Å². The molecule has 1 aliphatic heterocycles. The maximum Gasteiger partial charge on any atom is 0.424 e. The minimum Gasteiger partial charge on any atom is -0.443 e. The lowest BCUT2D eigenvalue weighted by Crippen LogP contribution is -2.47. The molecule has 2 rings (SSSR count). The van der Waals surface area contributed by atoms with Gasteiger partial charge in [-0.25, -0.2) is 13.2 Å². The first-order valence-electron chi connectivity index (χ1n) is 8.25. The van der Waals surface area contributed by atoms with Crippen molar-refractivity contribution in [3.05, 3.63) is 47.4 Å². The van der Waals surface area contributed by atoms with Gasteiger partial charge in [-0.15, -0.1) is 0 Å². The zero-order valence-corrected chi connectivity index (χ0v) is 15.7. The molecule has 0 aliphatic carbocycles. The van der Waals surface area contributed by atoms with Gasteiger partial charge in [0.1, 0.15) is 5.60 Å². The topological polar surface area (TPSA) is 72.9 Å². The molecular weight excluding hydrogens is 342 g/mol. The van der Waals surface area contributed by atoms with Gasteiger partial charge in [0, 0.05) is 5.41 Å². The Labute approximate surface area is 149 Å². The lowest BCUT2D eigenvalue weighted by molar-refractivity contribution is 0.0203. The van der Waals surface area contributed by atoms with Crippen LogP contribution >= 0.6 is 0 Å². The number of carbonyl (C=O) groups is 1. The van der Waals surface area contributed by atoms with Gasteiger partial charge in [0.2, 0.25) is 0 Å². The van der Waals surface area contributed by atoms with E-state index in [9.17, 15) is 13.2 Å². The van der Waals surface area contributed by atoms with Crippen molar-refractivity contribution >= 4 is 16.1 Å². The maximum atomic E-state index is 12.5. The lowest BCUT2D eigenvalue weighted by Gasteiger charge is -2.30. The molecule has 6 nitrogen and oxygen atoms in total. The number of amides is 1. The zero-order valence-electron chi connectivity index (χ0n) is 14.8. The SMILES string of the molecule is CC(C)(C)OC(=O)N1[C@@H](COCc2ccccc2)CCC=CS1(=O)=O. The van der Waals surface area contributed by atoms with Crippen molar-refractivity contribution in [3.8, 4) is 0 Å². The second-order valence-electron chi connectivity index (χ2n) is 6.92. The van der Waals surface area contributed by atoms with Crippen LogP contribution in [0.3, 0.4) is 0 Å². The van der Waals surface area contributed by atoms with Crippen LogP contribution < -0.4 is 0 Å². The van der Waals surface area contributed by atoms with E-state index in [0.29, 0.717) is 19.4 Å². The third-order valence-electron chi connectivity index (χ3n) is 3.54. The fraction of sp³-hybridized carbons (Fsp3) is 0.500. The Bertz CT molecular complexity index is 707. The number of nitrogens with zero attached hydrogens (tertiary/aromatic N) is 1. The second kappa shape index (κ2) is 8.01. The smallest absolute Gasteiger partial charge is 0.424 e. The first kappa shape index (κ1) is 19.5. The normalized spacial score (nSPS) is 20.1. The third-order valence-corrected chi connectivity index (χ3v) is 5.07. The maximum absolute atomic E-state index is 12.5. The van der Waals surface area contributed by atoms with Crippen LogP contribution in [0.5, 0.6) is 0 Å². The molecule has 25 heavy (non-hydrogen) atoms.